The zero-order valence-corrected chi connectivity index (χ0v) is 17.1. The first-order valence-corrected chi connectivity index (χ1v) is 11.0. The van der Waals surface area contributed by atoms with Crippen molar-refractivity contribution in [3.8, 4) is 0 Å². The molecule has 4 atom stereocenters. The zero-order valence-electron chi connectivity index (χ0n) is 17.1. The van der Waals surface area contributed by atoms with Crippen LogP contribution < -0.4 is 0 Å². The molecule has 0 spiro atoms. The van der Waals surface area contributed by atoms with Crippen molar-refractivity contribution >= 4 is 22.6 Å². The molecule has 0 radical (unpaired) electrons. The largest absolute Gasteiger partial charge is 0.294 e. The molecule has 6 rings (SSSR count). The van der Waals surface area contributed by atoms with E-state index in [1.165, 1.54) is 11.1 Å². The fraction of sp³-hybridized carbons (Fsp3) is 0.214. The SMILES string of the molecule is O=C(c1cn(C(=O)[C@@H]2C[C@H]2c2ccccc2)c2ccccc12)[C@@H]1C[C@H]1c1ccccc1. The van der Waals surface area contributed by atoms with Gasteiger partial charge in [-0.25, -0.2) is 0 Å². The molecule has 31 heavy (non-hydrogen) atoms. The number of rotatable bonds is 5. The lowest BCUT2D eigenvalue weighted by Crippen LogP contribution is -2.12. The molecular weight excluding hydrogens is 382 g/mol. The molecule has 3 nitrogen and oxygen atoms in total. The number of ketones is 1. The summed E-state index contributed by atoms with van der Waals surface area (Å²) < 4.78 is 1.73. The molecule has 0 amide bonds. The highest BCUT2D eigenvalue weighted by Gasteiger charge is 2.47. The van der Waals surface area contributed by atoms with Crippen LogP contribution in [0.25, 0.3) is 10.9 Å². The summed E-state index contributed by atoms with van der Waals surface area (Å²) in [6, 6.07) is 28.3. The molecule has 1 aromatic heterocycles. The van der Waals surface area contributed by atoms with E-state index >= 15 is 0 Å². The van der Waals surface area contributed by atoms with Crippen molar-refractivity contribution in [2.24, 2.45) is 11.8 Å². The van der Waals surface area contributed by atoms with E-state index < -0.39 is 0 Å². The predicted molar refractivity (Wildman–Crippen MR) is 121 cm³/mol. The summed E-state index contributed by atoms with van der Waals surface area (Å²) in [5.74, 6) is 0.817. The molecule has 2 aliphatic carbocycles. The van der Waals surface area contributed by atoms with Gasteiger partial charge in [-0.05, 0) is 41.9 Å². The highest BCUT2D eigenvalue weighted by Crippen LogP contribution is 2.51. The smallest absolute Gasteiger partial charge is 0.234 e. The molecular formula is C28H23NO2. The van der Waals surface area contributed by atoms with E-state index in [0.29, 0.717) is 5.56 Å². The molecule has 3 aromatic carbocycles. The average molecular weight is 405 g/mol. The van der Waals surface area contributed by atoms with Gasteiger partial charge in [0.1, 0.15) is 0 Å². The van der Waals surface area contributed by atoms with E-state index in [-0.39, 0.29) is 35.4 Å². The van der Waals surface area contributed by atoms with Crippen LogP contribution in [0, 0.1) is 11.8 Å². The maximum absolute atomic E-state index is 13.4. The highest BCUT2D eigenvalue weighted by atomic mass is 16.2. The lowest BCUT2D eigenvalue weighted by atomic mass is 10.0. The van der Waals surface area contributed by atoms with Crippen LogP contribution in [0.5, 0.6) is 0 Å². The fourth-order valence-electron chi connectivity index (χ4n) is 5.03. The third-order valence-electron chi connectivity index (χ3n) is 6.91. The maximum atomic E-state index is 13.4. The van der Waals surface area contributed by atoms with Crippen molar-refractivity contribution in [3.05, 3.63) is 108 Å². The third kappa shape index (κ3) is 3.12. The Labute approximate surface area is 181 Å². The minimum Gasteiger partial charge on any atom is -0.294 e. The quantitative estimate of drug-likeness (QED) is 0.378. The number of hydrogen-bond donors (Lipinski definition) is 0. The van der Waals surface area contributed by atoms with Crippen LogP contribution in [0.15, 0.2) is 91.1 Å². The van der Waals surface area contributed by atoms with Crippen molar-refractivity contribution in [1.29, 1.82) is 0 Å². The van der Waals surface area contributed by atoms with Crippen LogP contribution in [-0.2, 0) is 0 Å². The Morgan fingerprint density at radius 2 is 1.23 bits per heavy atom. The molecule has 4 aromatic rings. The normalized spacial score (nSPS) is 24.1. The predicted octanol–water partition coefficient (Wildman–Crippen LogP) is 6.07. The van der Waals surface area contributed by atoms with E-state index in [1.807, 2.05) is 60.7 Å². The molecule has 152 valence electrons. The number of carbonyl (C=O) groups is 2. The van der Waals surface area contributed by atoms with E-state index in [4.69, 9.17) is 0 Å². The lowest BCUT2D eigenvalue weighted by molar-refractivity contribution is 0.0889. The fourth-order valence-corrected chi connectivity index (χ4v) is 5.03. The van der Waals surface area contributed by atoms with Gasteiger partial charge >= 0.3 is 0 Å². The Kier molecular flexibility index (Phi) is 4.17. The Hall–Kier alpha value is -3.46. The molecule has 2 aliphatic rings. The van der Waals surface area contributed by atoms with Gasteiger partial charge in [-0.2, -0.15) is 0 Å². The number of Topliss-reactive ketones (excluding diaryl/α,β-unsaturated/α-hetero) is 1. The Balaban J connectivity index is 1.30. The molecule has 0 saturated heterocycles. The van der Waals surface area contributed by atoms with E-state index in [1.54, 1.807) is 10.8 Å². The Bertz CT molecular complexity index is 1190. The Morgan fingerprint density at radius 3 is 1.90 bits per heavy atom. The molecule has 0 bridgehead atoms. The standard InChI is InChI=1S/C28H23NO2/c30-27(23-15-21(23)18-9-3-1-4-10-18)25-17-29(26-14-8-7-13-20(25)26)28(31)24-16-22(24)19-11-5-2-6-12-19/h1-14,17,21-24H,15-16H2/t21-,22-,23+,24+/m0/s1. The van der Waals surface area contributed by atoms with E-state index in [0.717, 1.165) is 23.7 Å². The molecule has 3 heteroatoms. The van der Waals surface area contributed by atoms with Crippen molar-refractivity contribution < 1.29 is 9.59 Å². The minimum atomic E-state index is -0.0147. The summed E-state index contributed by atoms with van der Waals surface area (Å²) in [5, 5.41) is 0.886. The van der Waals surface area contributed by atoms with Gasteiger partial charge in [0.05, 0.1) is 5.52 Å². The summed E-state index contributed by atoms with van der Waals surface area (Å²) in [7, 11) is 0. The lowest BCUT2D eigenvalue weighted by Gasteiger charge is -2.04. The second-order valence-corrected chi connectivity index (χ2v) is 8.85. The second-order valence-electron chi connectivity index (χ2n) is 8.85. The first kappa shape index (κ1) is 18.3. The Morgan fingerprint density at radius 1 is 0.677 bits per heavy atom. The van der Waals surface area contributed by atoms with Crippen molar-refractivity contribution in [1.82, 2.24) is 4.57 Å². The molecule has 0 N–H and O–H groups in total. The topological polar surface area (TPSA) is 39.1 Å². The first-order valence-electron chi connectivity index (χ1n) is 11.0. The van der Waals surface area contributed by atoms with Crippen LogP contribution >= 0.6 is 0 Å². The summed E-state index contributed by atoms with van der Waals surface area (Å²) >= 11 is 0. The van der Waals surface area contributed by atoms with Crippen molar-refractivity contribution in [2.45, 2.75) is 24.7 Å². The summed E-state index contributed by atoms with van der Waals surface area (Å²) in [5.41, 5.74) is 3.97. The van der Waals surface area contributed by atoms with Crippen LogP contribution in [0.2, 0.25) is 0 Å². The zero-order chi connectivity index (χ0) is 20.9. The van der Waals surface area contributed by atoms with Gasteiger partial charge in [0.25, 0.3) is 0 Å². The number of para-hydroxylation sites is 1. The molecule has 2 saturated carbocycles. The highest BCUT2D eigenvalue weighted by molar-refractivity contribution is 6.12. The summed E-state index contributed by atoms with van der Waals surface area (Å²) in [4.78, 5) is 26.8. The second kappa shape index (κ2) is 7.05. The number of carbonyl (C=O) groups excluding carboxylic acids is 2. The van der Waals surface area contributed by atoms with Gasteiger partial charge in [0, 0.05) is 29.0 Å². The summed E-state index contributed by atoms with van der Waals surface area (Å²) in [6.07, 6.45) is 3.56. The van der Waals surface area contributed by atoms with Gasteiger partial charge in [0.15, 0.2) is 5.78 Å². The number of nitrogens with zero attached hydrogens (tertiary/aromatic N) is 1. The van der Waals surface area contributed by atoms with Gasteiger partial charge < -0.3 is 0 Å². The number of fused-ring (bicyclic) bond motifs is 1. The summed E-state index contributed by atoms with van der Waals surface area (Å²) in [6.45, 7) is 0. The van der Waals surface area contributed by atoms with Crippen molar-refractivity contribution in [3.63, 3.8) is 0 Å². The molecule has 2 fully saturated rings. The van der Waals surface area contributed by atoms with Gasteiger partial charge in [0.2, 0.25) is 5.91 Å². The van der Waals surface area contributed by atoms with E-state index in [9.17, 15) is 9.59 Å². The molecule has 0 unspecified atom stereocenters. The monoisotopic (exact) mass is 405 g/mol. The van der Waals surface area contributed by atoms with Gasteiger partial charge in [-0.15, -0.1) is 0 Å². The first-order chi connectivity index (χ1) is 15.2. The van der Waals surface area contributed by atoms with Gasteiger partial charge in [-0.1, -0.05) is 78.9 Å². The van der Waals surface area contributed by atoms with E-state index in [2.05, 4.69) is 24.3 Å². The minimum absolute atomic E-state index is 0.00903. The van der Waals surface area contributed by atoms with Crippen molar-refractivity contribution in [2.75, 3.05) is 0 Å². The molecule has 1 heterocycles. The molecule has 0 aliphatic heterocycles. The van der Waals surface area contributed by atoms with Crippen LogP contribution in [0.1, 0.15) is 51.0 Å². The van der Waals surface area contributed by atoms with Crippen LogP contribution in [0.3, 0.4) is 0 Å². The van der Waals surface area contributed by atoms with Crippen LogP contribution in [0.4, 0.5) is 0 Å². The average Bonchev–Trinajstić information content (AvgIpc) is 3.74. The number of benzene rings is 3. The maximum Gasteiger partial charge on any atom is 0.234 e. The van der Waals surface area contributed by atoms with Crippen LogP contribution in [-0.4, -0.2) is 16.3 Å². The third-order valence-corrected chi connectivity index (χ3v) is 6.91. The van der Waals surface area contributed by atoms with Gasteiger partial charge in [-0.3, -0.25) is 14.2 Å². The number of hydrogen-bond acceptors (Lipinski definition) is 2. The number of aromatic nitrogens is 1.